The van der Waals surface area contributed by atoms with E-state index in [0.717, 1.165) is 36.2 Å². The number of thiophene rings is 1. The van der Waals surface area contributed by atoms with E-state index >= 15 is 0 Å². The molecule has 0 aromatic carbocycles. The lowest BCUT2D eigenvalue weighted by Crippen LogP contribution is -2.26. The summed E-state index contributed by atoms with van der Waals surface area (Å²) in [5.41, 5.74) is 0. The largest absolute Gasteiger partial charge is 0.474 e. The van der Waals surface area contributed by atoms with Crippen LogP contribution in [-0.4, -0.2) is 35.8 Å². The van der Waals surface area contributed by atoms with Gasteiger partial charge in [-0.15, -0.1) is 11.3 Å². The van der Waals surface area contributed by atoms with Gasteiger partial charge in [-0.3, -0.25) is 0 Å². The second-order valence-electron chi connectivity index (χ2n) is 4.82. The maximum atomic E-state index is 5.89. The van der Waals surface area contributed by atoms with Gasteiger partial charge in [-0.1, -0.05) is 0 Å². The molecule has 1 aliphatic rings. The van der Waals surface area contributed by atoms with Gasteiger partial charge in [-0.2, -0.15) is 4.98 Å². The van der Waals surface area contributed by atoms with Crippen molar-refractivity contribution in [3.63, 3.8) is 0 Å². The zero-order valence-corrected chi connectivity index (χ0v) is 12.4. The molecule has 0 bridgehead atoms. The number of aromatic nitrogens is 2. The third kappa shape index (κ3) is 3.02. The number of nitrogens with one attached hydrogen (secondary N) is 1. The van der Waals surface area contributed by atoms with Gasteiger partial charge >= 0.3 is 0 Å². The smallest absolute Gasteiger partial charge is 0.227 e. The van der Waals surface area contributed by atoms with Crippen LogP contribution in [-0.2, 0) is 4.74 Å². The molecule has 0 saturated carbocycles. The van der Waals surface area contributed by atoms with E-state index in [-0.39, 0.29) is 6.10 Å². The predicted molar refractivity (Wildman–Crippen MR) is 80.7 cm³/mol. The van der Waals surface area contributed by atoms with Gasteiger partial charge in [-0.05, 0) is 37.6 Å². The molecule has 1 saturated heterocycles. The lowest BCUT2D eigenvalue weighted by Gasteiger charge is -2.22. The Morgan fingerprint density at radius 1 is 1.45 bits per heavy atom. The zero-order chi connectivity index (χ0) is 13.8. The minimum Gasteiger partial charge on any atom is -0.474 e. The van der Waals surface area contributed by atoms with E-state index in [1.807, 2.05) is 18.4 Å². The second-order valence-corrected chi connectivity index (χ2v) is 5.72. The Labute approximate surface area is 122 Å². The van der Waals surface area contributed by atoms with Crippen molar-refractivity contribution in [2.45, 2.75) is 32.3 Å². The highest BCUT2D eigenvalue weighted by Gasteiger charge is 2.16. The number of hydrogen-bond acceptors (Lipinski definition) is 6. The minimum atomic E-state index is 0.190. The van der Waals surface area contributed by atoms with Gasteiger partial charge in [0.2, 0.25) is 11.8 Å². The van der Waals surface area contributed by atoms with Gasteiger partial charge in [0, 0.05) is 13.2 Å². The SMILES string of the molecule is CCNc1nc(OCC2CCCCO2)c2ccsc2n1. The van der Waals surface area contributed by atoms with E-state index < -0.39 is 0 Å². The molecule has 20 heavy (non-hydrogen) atoms. The van der Waals surface area contributed by atoms with Gasteiger partial charge in [-0.25, -0.2) is 4.98 Å². The van der Waals surface area contributed by atoms with E-state index in [0.29, 0.717) is 18.4 Å². The predicted octanol–water partition coefficient (Wildman–Crippen LogP) is 3.07. The number of nitrogens with zero attached hydrogens (tertiary/aromatic N) is 2. The van der Waals surface area contributed by atoms with Crippen LogP contribution in [0.1, 0.15) is 26.2 Å². The average molecular weight is 293 g/mol. The molecule has 6 heteroatoms. The summed E-state index contributed by atoms with van der Waals surface area (Å²) in [5.74, 6) is 1.28. The minimum absolute atomic E-state index is 0.190. The van der Waals surface area contributed by atoms with Gasteiger partial charge in [0.1, 0.15) is 11.4 Å². The first kappa shape index (κ1) is 13.6. The molecule has 108 valence electrons. The first-order valence-electron chi connectivity index (χ1n) is 7.10. The first-order chi connectivity index (χ1) is 9.86. The highest BCUT2D eigenvalue weighted by atomic mass is 32.1. The zero-order valence-electron chi connectivity index (χ0n) is 11.6. The van der Waals surface area contributed by atoms with E-state index in [1.54, 1.807) is 11.3 Å². The lowest BCUT2D eigenvalue weighted by atomic mass is 10.1. The van der Waals surface area contributed by atoms with Crippen molar-refractivity contribution in [1.29, 1.82) is 0 Å². The van der Waals surface area contributed by atoms with Crippen LogP contribution in [0.3, 0.4) is 0 Å². The molecule has 2 aromatic rings. The van der Waals surface area contributed by atoms with Crippen molar-refractivity contribution in [2.24, 2.45) is 0 Å². The number of fused-ring (bicyclic) bond motifs is 1. The molecule has 3 heterocycles. The summed E-state index contributed by atoms with van der Waals surface area (Å²) in [6.07, 6.45) is 3.63. The summed E-state index contributed by atoms with van der Waals surface area (Å²) in [7, 11) is 0. The van der Waals surface area contributed by atoms with Gasteiger partial charge in [0.15, 0.2) is 0 Å². The fourth-order valence-electron chi connectivity index (χ4n) is 2.29. The Morgan fingerprint density at radius 3 is 3.20 bits per heavy atom. The quantitative estimate of drug-likeness (QED) is 0.918. The third-order valence-electron chi connectivity index (χ3n) is 3.30. The fraction of sp³-hybridized carbons (Fsp3) is 0.571. The molecule has 1 aliphatic heterocycles. The Bertz CT molecular complexity index is 567. The van der Waals surface area contributed by atoms with E-state index in [2.05, 4.69) is 15.3 Å². The summed E-state index contributed by atoms with van der Waals surface area (Å²) in [4.78, 5) is 9.87. The number of rotatable bonds is 5. The Balaban J connectivity index is 1.76. The van der Waals surface area contributed by atoms with Crippen molar-refractivity contribution in [2.75, 3.05) is 25.1 Å². The van der Waals surface area contributed by atoms with Crippen LogP contribution in [0.4, 0.5) is 5.95 Å². The first-order valence-corrected chi connectivity index (χ1v) is 7.98. The second kappa shape index (κ2) is 6.37. The summed E-state index contributed by atoms with van der Waals surface area (Å²) < 4.78 is 11.6. The van der Waals surface area contributed by atoms with E-state index in [1.165, 1.54) is 6.42 Å². The molecule has 0 amide bonds. The highest BCUT2D eigenvalue weighted by molar-refractivity contribution is 7.16. The van der Waals surface area contributed by atoms with Crippen LogP contribution in [0.15, 0.2) is 11.4 Å². The molecule has 1 atom stereocenters. The molecule has 1 unspecified atom stereocenters. The number of ether oxygens (including phenoxy) is 2. The lowest BCUT2D eigenvalue weighted by molar-refractivity contribution is -0.0116. The Kier molecular flexibility index (Phi) is 4.32. The molecule has 1 fully saturated rings. The monoisotopic (exact) mass is 293 g/mol. The molecular weight excluding hydrogens is 274 g/mol. The van der Waals surface area contributed by atoms with Crippen LogP contribution in [0.5, 0.6) is 5.88 Å². The maximum absolute atomic E-state index is 5.89. The van der Waals surface area contributed by atoms with Crippen LogP contribution < -0.4 is 10.1 Å². The Hall–Kier alpha value is -1.40. The molecule has 2 aromatic heterocycles. The molecule has 0 spiro atoms. The van der Waals surface area contributed by atoms with Crippen molar-refractivity contribution in [1.82, 2.24) is 9.97 Å². The molecule has 0 radical (unpaired) electrons. The standard InChI is InChI=1S/C14H19N3O2S/c1-2-15-14-16-12(11-6-8-20-13(11)17-14)19-9-10-5-3-4-7-18-10/h6,8,10H,2-5,7,9H2,1H3,(H,15,16,17). The molecule has 0 aliphatic carbocycles. The topological polar surface area (TPSA) is 56.3 Å². The van der Waals surface area contributed by atoms with Crippen molar-refractivity contribution >= 4 is 27.5 Å². The summed E-state index contributed by atoms with van der Waals surface area (Å²) >= 11 is 1.60. The average Bonchev–Trinajstić information content (AvgIpc) is 2.95. The van der Waals surface area contributed by atoms with Crippen LogP contribution in [0.25, 0.3) is 10.2 Å². The van der Waals surface area contributed by atoms with E-state index in [4.69, 9.17) is 9.47 Å². The van der Waals surface area contributed by atoms with Crippen LogP contribution >= 0.6 is 11.3 Å². The molecular formula is C14H19N3O2S. The van der Waals surface area contributed by atoms with Crippen molar-refractivity contribution in [3.8, 4) is 5.88 Å². The van der Waals surface area contributed by atoms with Gasteiger partial charge < -0.3 is 14.8 Å². The number of anilines is 1. The summed E-state index contributed by atoms with van der Waals surface area (Å²) in [6.45, 7) is 4.22. The van der Waals surface area contributed by atoms with Crippen molar-refractivity contribution in [3.05, 3.63) is 11.4 Å². The summed E-state index contributed by atoms with van der Waals surface area (Å²) in [6, 6.07) is 2.01. The third-order valence-corrected chi connectivity index (χ3v) is 4.11. The van der Waals surface area contributed by atoms with E-state index in [9.17, 15) is 0 Å². The molecule has 3 rings (SSSR count). The maximum Gasteiger partial charge on any atom is 0.227 e. The summed E-state index contributed by atoms with van der Waals surface area (Å²) in [5, 5.41) is 6.13. The molecule has 5 nitrogen and oxygen atoms in total. The van der Waals surface area contributed by atoms with Gasteiger partial charge in [0.25, 0.3) is 0 Å². The Morgan fingerprint density at radius 2 is 2.40 bits per heavy atom. The number of hydrogen-bond donors (Lipinski definition) is 1. The van der Waals surface area contributed by atoms with Gasteiger partial charge in [0.05, 0.1) is 11.5 Å². The van der Waals surface area contributed by atoms with Crippen LogP contribution in [0.2, 0.25) is 0 Å². The van der Waals surface area contributed by atoms with Crippen molar-refractivity contribution < 1.29 is 9.47 Å². The highest BCUT2D eigenvalue weighted by Crippen LogP contribution is 2.28. The normalized spacial score (nSPS) is 19.1. The fourth-order valence-corrected chi connectivity index (χ4v) is 3.04. The van der Waals surface area contributed by atoms with Crippen LogP contribution in [0, 0.1) is 0 Å². The molecule has 1 N–H and O–H groups in total.